The van der Waals surface area contributed by atoms with Crippen molar-refractivity contribution in [3.8, 4) is 17.2 Å². The largest absolute Gasteiger partial charge is 0.496 e. The second-order valence-electron chi connectivity index (χ2n) is 5.18. The minimum atomic E-state index is -3.39. The quantitative estimate of drug-likeness (QED) is 0.747. The van der Waals surface area contributed by atoms with Gasteiger partial charge in [-0.2, -0.15) is 0 Å². The zero-order chi connectivity index (χ0) is 16.4. The van der Waals surface area contributed by atoms with Crippen LogP contribution in [0, 0.1) is 0 Å². The normalized spacial score (nSPS) is 13.7. The molecule has 0 amide bonds. The molecule has 0 spiro atoms. The number of benzene rings is 1. The Kier molecular flexibility index (Phi) is 5.39. The van der Waals surface area contributed by atoms with Crippen molar-refractivity contribution in [1.82, 2.24) is 0 Å². The maximum atomic E-state index is 12.0. The lowest BCUT2D eigenvalue weighted by Gasteiger charge is -2.30. The highest BCUT2D eigenvalue weighted by Gasteiger charge is 2.41. The van der Waals surface area contributed by atoms with Crippen molar-refractivity contribution >= 4 is 21.4 Å². The van der Waals surface area contributed by atoms with Crippen molar-refractivity contribution in [2.24, 2.45) is 0 Å². The van der Waals surface area contributed by atoms with Crippen LogP contribution in [0.5, 0.6) is 17.2 Å². The number of rotatable bonds is 6. The molecule has 0 aliphatic carbocycles. The maximum absolute atomic E-state index is 12.0. The molecule has 1 rings (SSSR count). The summed E-state index contributed by atoms with van der Waals surface area (Å²) in [5.41, 5.74) is 0.484. The van der Waals surface area contributed by atoms with Gasteiger partial charge in [-0.3, -0.25) is 0 Å². The summed E-state index contributed by atoms with van der Waals surface area (Å²) in [6.45, 7) is 3.15. The second-order valence-corrected chi connectivity index (χ2v) is 8.22. The van der Waals surface area contributed by atoms with Crippen LogP contribution in [0.15, 0.2) is 12.1 Å². The first-order valence-corrected chi connectivity index (χ1v) is 8.56. The predicted octanol–water partition coefficient (Wildman–Crippen LogP) is 2.82. The minimum absolute atomic E-state index is 0.419. The van der Waals surface area contributed by atoms with Gasteiger partial charge in [-0.15, -0.1) is 11.6 Å². The number of sulfone groups is 1. The Morgan fingerprint density at radius 3 is 1.76 bits per heavy atom. The molecular formula is C14H21ClO5S. The van der Waals surface area contributed by atoms with Crippen molar-refractivity contribution in [2.75, 3.05) is 27.6 Å². The molecule has 0 fully saturated rings. The van der Waals surface area contributed by atoms with Crippen molar-refractivity contribution in [3.63, 3.8) is 0 Å². The van der Waals surface area contributed by atoms with Crippen LogP contribution >= 0.6 is 11.6 Å². The van der Waals surface area contributed by atoms with Gasteiger partial charge in [0.2, 0.25) is 0 Å². The highest BCUT2D eigenvalue weighted by molar-refractivity contribution is 7.92. The molecule has 0 aromatic heterocycles. The summed E-state index contributed by atoms with van der Waals surface area (Å²) in [7, 11) is 1.09. The van der Waals surface area contributed by atoms with Crippen molar-refractivity contribution in [2.45, 2.75) is 24.0 Å². The third-order valence-corrected chi connectivity index (χ3v) is 6.61. The van der Waals surface area contributed by atoms with Crippen molar-refractivity contribution in [1.29, 1.82) is 0 Å². The van der Waals surface area contributed by atoms with Gasteiger partial charge in [0.05, 0.1) is 37.0 Å². The molecule has 7 heteroatoms. The highest BCUT2D eigenvalue weighted by atomic mass is 35.5. The maximum Gasteiger partial charge on any atom is 0.154 e. The molecule has 0 N–H and O–H groups in total. The first-order valence-electron chi connectivity index (χ1n) is 6.23. The van der Waals surface area contributed by atoms with Gasteiger partial charge in [-0.05, 0) is 13.8 Å². The summed E-state index contributed by atoms with van der Waals surface area (Å²) in [5.74, 6) is 1.37. The van der Waals surface area contributed by atoms with Crippen LogP contribution in [0.25, 0.3) is 0 Å². The average molecular weight is 337 g/mol. The second kappa shape index (κ2) is 6.32. The van der Waals surface area contributed by atoms with Crippen molar-refractivity contribution in [3.05, 3.63) is 17.7 Å². The molecule has 120 valence electrons. The third kappa shape index (κ3) is 3.37. The van der Waals surface area contributed by atoms with E-state index in [4.69, 9.17) is 25.8 Å². The van der Waals surface area contributed by atoms with Gasteiger partial charge in [0, 0.05) is 18.4 Å². The van der Waals surface area contributed by atoms with Gasteiger partial charge in [0.15, 0.2) is 9.84 Å². The molecule has 0 saturated carbocycles. The molecule has 1 aromatic rings. The molecular weight excluding hydrogens is 316 g/mol. The van der Waals surface area contributed by atoms with E-state index in [2.05, 4.69) is 0 Å². The number of halogens is 1. The van der Waals surface area contributed by atoms with Crippen LogP contribution < -0.4 is 14.2 Å². The monoisotopic (exact) mass is 336 g/mol. The Labute approximate surface area is 131 Å². The molecule has 5 nitrogen and oxygen atoms in total. The van der Waals surface area contributed by atoms with Crippen molar-refractivity contribution < 1.29 is 22.6 Å². The van der Waals surface area contributed by atoms with Gasteiger partial charge < -0.3 is 14.2 Å². The molecule has 0 bridgehead atoms. The lowest BCUT2D eigenvalue weighted by atomic mass is 9.99. The zero-order valence-electron chi connectivity index (χ0n) is 13.1. The lowest BCUT2D eigenvalue weighted by molar-refractivity contribution is 0.365. The van der Waals surface area contributed by atoms with Gasteiger partial charge in [0.25, 0.3) is 0 Å². The topological polar surface area (TPSA) is 61.8 Å². The number of alkyl halides is 1. The summed E-state index contributed by atoms with van der Waals surface area (Å²) >= 11 is 6.47. The fourth-order valence-corrected chi connectivity index (χ4v) is 3.01. The van der Waals surface area contributed by atoms with Crippen LogP contribution in [-0.2, 0) is 9.84 Å². The van der Waals surface area contributed by atoms with Gasteiger partial charge >= 0.3 is 0 Å². The molecule has 1 atom stereocenters. The van der Waals surface area contributed by atoms with E-state index in [1.807, 2.05) is 0 Å². The van der Waals surface area contributed by atoms with Gasteiger partial charge in [-0.25, -0.2) is 8.42 Å². The molecule has 21 heavy (non-hydrogen) atoms. The van der Waals surface area contributed by atoms with E-state index in [-0.39, 0.29) is 0 Å². The third-order valence-electron chi connectivity index (χ3n) is 3.57. The summed E-state index contributed by atoms with van der Waals surface area (Å²) in [4.78, 5) is 0. The summed E-state index contributed by atoms with van der Waals surface area (Å²) in [5, 5.41) is -0.844. The highest BCUT2D eigenvalue weighted by Crippen LogP contribution is 2.47. The fraction of sp³-hybridized carbons (Fsp3) is 0.571. The van der Waals surface area contributed by atoms with E-state index in [9.17, 15) is 8.42 Å². The number of ether oxygens (including phenoxy) is 3. The van der Waals surface area contributed by atoms with Crippen LogP contribution in [0.4, 0.5) is 0 Å². The Bertz CT molecular complexity index is 585. The fourth-order valence-electron chi connectivity index (χ4n) is 1.82. The first kappa shape index (κ1) is 17.9. The van der Waals surface area contributed by atoms with Crippen LogP contribution in [0.2, 0.25) is 0 Å². The predicted molar refractivity (Wildman–Crippen MR) is 83.6 cm³/mol. The smallest absolute Gasteiger partial charge is 0.154 e. The molecule has 0 radical (unpaired) electrons. The number of hydrogen-bond acceptors (Lipinski definition) is 5. The summed E-state index contributed by atoms with van der Waals surface area (Å²) in [6.07, 6.45) is 1.16. The summed E-state index contributed by atoms with van der Waals surface area (Å²) < 4.78 is 38.6. The Morgan fingerprint density at radius 2 is 1.48 bits per heavy atom. The van der Waals surface area contributed by atoms with E-state index < -0.39 is 20.0 Å². The van der Waals surface area contributed by atoms with Crippen LogP contribution in [0.3, 0.4) is 0 Å². The molecule has 0 heterocycles. The minimum Gasteiger partial charge on any atom is -0.496 e. The standard InChI is InChI=1S/C14H21ClO5S/c1-14(2,21(6,16)17)13(15)12-10(19-4)7-9(18-3)8-11(12)20-5/h7-8,13H,1-6H3. The zero-order valence-corrected chi connectivity index (χ0v) is 14.6. The summed E-state index contributed by atoms with van der Waals surface area (Å²) in [6, 6.07) is 3.29. The van der Waals surface area contributed by atoms with Gasteiger partial charge in [-0.1, -0.05) is 0 Å². The van der Waals surface area contributed by atoms with E-state index in [0.29, 0.717) is 22.8 Å². The SMILES string of the molecule is COc1cc(OC)c(C(Cl)C(C)(C)S(C)(=O)=O)c(OC)c1. The number of hydrogen-bond donors (Lipinski definition) is 0. The molecule has 0 aliphatic rings. The van der Waals surface area contributed by atoms with Crippen LogP contribution in [0.1, 0.15) is 24.8 Å². The van der Waals surface area contributed by atoms with E-state index >= 15 is 0 Å². The molecule has 0 saturated heterocycles. The van der Waals surface area contributed by atoms with E-state index in [0.717, 1.165) is 6.26 Å². The first-order chi connectivity index (χ1) is 9.60. The number of methoxy groups -OCH3 is 3. The Morgan fingerprint density at radius 1 is 1.05 bits per heavy atom. The van der Waals surface area contributed by atoms with E-state index in [1.54, 1.807) is 26.0 Å². The van der Waals surface area contributed by atoms with E-state index in [1.165, 1.54) is 21.3 Å². The Balaban J connectivity index is 3.55. The lowest BCUT2D eigenvalue weighted by Crippen LogP contribution is -2.35. The Hall–Kier alpha value is -1.14. The average Bonchev–Trinajstić information content (AvgIpc) is 2.43. The molecule has 0 aliphatic heterocycles. The molecule has 1 aromatic carbocycles. The molecule has 1 unspecified atom stereocenters. The van der Waals surface area contributed by atoms with Crippen LogP contribution in [-0.4, -0.2) is 40.7 Å². The van der Waals surface area contributed by atoms with Gasteiger partial charge in [0.1, 0.15) is 17.2 Å².